The van der Waals surface area contributed by atoms with Crippen molar-refractivity contribution in [1.29, 1.82) is 0 Å². The Kier molecular flexibility index (Phi) is 16.0. The summed E-state index contributed by atoms with van der Waals surface area (Å²) in [6.45, 7) is 3.54. The van der Waals surface area contributed by atoms with E-state index in [4.69, 9.17) is 25.5 Å². The molecular weight excluding hydrogens is 630 g/mol. The molecule has 1 aromatic carbocycles. The molecule has 48 heavy (non-hydrogen) atoms. The first-order valence-corrected chi connectivity index (χ1v) is 15.2. The molecule has 3 aromatic rings. The molecule has 0 aliphatic heterocycles. The third-order valence-corrected chi connectivity index (χ3v) is 6.51. The number of carboxylic acid groups (broad SMARTS) is 1. The van der Waals surface area contributed by atoms with Crippen LogP contribution in [0.1, 0.15) is 41.7 Å². The lowest BCUT2D eigenvalue weighted by molar-refractivity contribution is -0.139. The van der Waals surface area contributed by atoms with E-state index in [9.17, 15) is 24.3 Å². The number of benzene rings is 1. The van der Waals surface area contributed by atoms with Crippen molar-refractivity contribution in [1.82, 2.24) is 30.6 Å². The highest BCUT2D eigenvalue weighted by atomic mass is 16.5. The molecule has 0 saturated carbocycles. The molecule has 0 radical (unpaired) electrons. The molecule has 2 amide bonds. The fourth-order valence-electron chi connectivity index (χ4n) is 4.08. The van der Waals surface area contributed by atoms with Gasteiger partial charge in [0.05, 0.1) is 44.9 Å². The standard InChI is InChI=1S/C29H39N11O8/c30-29-38-25-24(27(43)39-29)36-21(18-34-25)17-33-20-5-3-19(4-6-20)26(42)37-22(28(44)45)7-8-23(41)32-9-1-11-46-13-15-48-16-14-47-12-2-10-35-40-31/h3-6,18,22,33H,1-2,7-17H2,(H,32,41)(H,37,42)(H,44,45)(H3,30,34,38,39,43)/t22-/m0/s1. The number of aromatic amines is 1. The number of carbonyl (C=O) groups excluding carboxylic acids is 2. The number of nitrogens with one attached hydrogen (secondary N) is 4. The zero-order valence-electron chi connectivity index (χ0n) is 26.2. The van der Waals surface area contributed by atoms with E-state index in [1.165, 1.54) is 18.3 Å². The number of nitrogens with two attached hydrogens (primary N) is 1. The zero-order chi connectivity index (χ0) is 34.6. The van der Waals surface area contributed by atoms with Gasteiger partial charge >= 0.3 is 5.97 Å². The summed E-state index contributed by atoms with van der Waals surface area (Å²) in [6, 6.07) is 5.05. The number of rotatable bonds is 23. The summed E-state index contributed by atoms with van der Waals surface area (Å²) in [4.78, 5) is 66.0. The predicted octanol–water partition coefficient (Wildman–Crippen LogP) is 1.13. The van der Waals surface area contributed by atoms with Gasteiger partial charge in [-0.15, -0.1) is 0 Å². The van der Waals surface area contributed by atoms with Crippen LogP contribution in [-0.4, -0.2) is 102 Å². The number of fused-ring (bicyclic) bond motifs is 1. The summed E-state index contributed by atoms with van der Waals surface area (Å²) in [5, 5.41) is 21.3. The van der Waals surface area contributed by atoms with E-state index in [0.717, 1.165) is 0 Å². The molecule has 0 spiro atoms. The van der Waals surface area contributed by atoms with Gasteiger partial charge in [0.25, 0.3) is 11.5 Å². The number of carboxylic acids is 1. The molecule has 0 aliphatic rings. The molecule has 0 aliphatic carbocycles. The molecule has 7 N–H and O–H groups in total. The highest BCUT2D eigenvalue weighted by Crippen LogP contribution is 2.12. The normalized spacial score (nSPS) is 11.4. The number of carbonyl (C=O) groups is 3. The maximum atomic E-state index is 12.7. The molecule has 0 bridgehead atoms. The molecule has 19 nitrogen and oxygen atoms in total. The van der Waals surface area contributed by atoms with Crippen molar-refractivity contribution in [2.45, 2.75) is 38.3 Å². The predicted molar refractivity (Wildman–Crippen MR) is 173 cm³/mol. The third kappa shape index (κ3) is 13.6. The Morgan fingerprint density at radius 3 is 2.40 bits per heavy atom. The second-order valence-corrected chi connectivity index (χ2v) is 10.2. The topological polar surface area (TPSA) is 282 Å². The fraction of sp³-hybridized carbons (Fsp3) is 0.483. The van der Waals surface area contributed by atoms with Crippen LogP contribution in [0.4, 0.5) is 11.6 Å². The third-order valence-electron chi connectivity index (χ3n) is 6.51. The number of hydrogen-bond acceptors (Lipinski definition) is 13. The van der Waals surface area contributed by atoms with E-state index in [-0.39, 0.29) is 48.0 Å². The molecule has 258 valence electrons. The minimum atomic E-state index is -1.26. The maximum Gasteiger partial charge on any atom is 0.326 e. The second kappa shape index (κ2) is 20.7. The van der Waals surface area contributed by atoms with Crippen LogP contribution in [0.15, 0.2) is 40.4 Å². The molecular formula is C29H39N11O8. The Morgan fingerprint density at radius 1 is 1.02 bits per heavy atom. The van der Waals surface area contributed by atoms with Gasteiger partial charge in [-0.05, 0) is 49.1 Å². The minimum absolute atomic E-state index is 0.0544. The van der Waals surface area contributed by atoms with E-state index in [2.05, 4.69) is 45.9 Å². The van der Waals surface area contributed by atoms with Crippen molar-refractivity contribution in [2.75, 3.05) is 63.8 Å². The summed E-state index contributed by atoms with van der Waals surface area (Å²) < 4.78 is 16.2. The summed E-state index contributed by atoms with van der Waals surface area (Å²) in [5.74, 6) is -2.25. The monoisotopic (exact) mass is 669 g/mol. The number of aromatic nitrogens is 4. The Balaban J connectivity index is 1.28. The minimum Gasteiger partial charge on any atom is -0.480 e. The largest absolute Gasteiger partial charge is 0.480 e. The van der Waals surface area contributed by atoms with Gasteiger partial charge in [-0.1, -0.05) is 5.11 Å². The number of azide groups is 1. The van der Waals surface area contributed by atoms with Crippen LogP contribution in [0.5, 0.6) is 0 Å². The Labute approximate surface area is 274 Å². The van der Waals surface area contributed by atoms with E-state index in [1.807, 2.05) is 0 Å². The number of ether oxygens (including phenoxy) is 3. The summed E-state index contributed by atoms with van der Waals surface area (Å²) in [7, 11) is 0. The summed E-state index contributed by atoms with van der Waals surface area (Å²) >= 11 is 0. The number of hydrogen-bond donors (Lipinski definition) is 6. The molecule has 19 heteroatoms. The number of anilines is 2. The van der Waals surface area contributed by atoms with Crippen molar-refractivity contribution in [3.8, 4) is 0 Å². The first kappa shape index (κ1) is 37.1. The first-order chi connectivity index (χ1) is 23.3. The van der Waals surface area contributed by atoms with Crippen LogP contribution >= 0.6 is 0 Å². The van der Waals surface area contributed by atoms with Gasteiger partial charge in [0.2, 0.25) is 11.9 Å². The van der Waals surface area contributed by atoms with Crippen molar-refractivity contribution in [3.05, 3.63) is 62.5 Å². The molecule has 0 unspecified atom stereocenters. The van der Waals surface area contributed by atoms with Crippen molar-refractivity contribution >= 4 is 40.6 Å². The van der Waals surface area contributed by atoms with Crippen molar-refractivity contribution in [3.63, 3.8) is 0 Å². The van der Waals surface area contributed by atoms with Gasteiger partial charge in [-0.2, -0.15) is 4.98 Å². The number of nitrogen functional groups attached to an aromatic ring is 1. The maximum absolute atomic E-state index is 12.7. The van der Waals surface area contributed by atoms with Crippen molar-refractivity contribution in [2.24, 2.45) is 5.11 Å². The molecule has 1 atom stereocenters. The fourth-order valence-corrected chi connectivity index (χ4v) is 4.08. The summed E-state index contributed by atoms with van der Waals surface area (Å²) in [6.07, 6.45) is 2.51. The van der Waals surface area contributed by atoms with Crippen LogP contribution in [0, 0.1) is 0 Å². The lowest BCUT2D eigenvalue weighted by Crippen LogP contribution is -2.41. The molecule has 2 heterocycles. The number of aliphatic carboxylic acids is 1. The number of nitrogens with zero attached hydrogens (tertiary/aromatic N) is 6. The van der Waals surface area contributed by atoms with Crippen LogP contribution in [0.3, 0.4) is 0 Å². The lowest BCUT2D eigenvalue weighted by Gasteiger charge is -2.15. The van der Waals surface area contributed by atoms with Crippen molar-refractivity contribution < 1.29 is 33.7 Å². The van der Waals surface area contributed by atoms with E-state index in [0.29, 0.717) is 77.0 Å². The van der Waals surface area contributed by atoms with Crippen LogP contribution in [-0.2, 0) is 30.3 Å². The second-order valence-electron chi connectivity index (χ2n) is 10.2. The van der Waals surface area contributed by atoms with Crippen LogP contribution in [0.2, 0.25) is 0 Å². The van der Waals surface area contributed by atoms with E-state index >= 15 is 0 Å². The van der Waals surface area contributed by atoms with Gasteiger partial charge in [-0.3, -0.25) is 19.4 Å². The van der Waals surface area contributed by atoms with E-state index in [1.54, 1.807) is 12.1 Å². The van der Waals surface area contributed by atoms with Crippen LogP contribution < -0.4 is 27.2 Å². The highest BCUT2D eigenvalue weighted by Gasteiger charge is 2.21. The zero-order valence-corrected chi connectivity index (χ0v) is 26.2. The Morgan fingerprint density at radius 2 is 1.71 bits per heavy atom. The highest BCUT2D eigenvalue weighted by molar-refractivity contribution is 5.97. The number of amides is 2. The quantitative estimate of drug-likeness (QED) is 0.0358. The SMILES string of the molecule is [N-]=[N+]=NCCCOCCOCCOCCCNC(=O)CC[C@H](NC(=O)c1ccc(NCc2cnc3nc(N)[nH]c(=O)c3n2)cc1)C(=O)O. The molecule has 2 aromatic heterocycles. The van der Waals surface area contributed by atoms with Gasteiger partial charge in [0, 0.05) is 48.9 Å². The lowest BCUT2D eigenvalue weighted by atomic mass is 10.1. The van der Waals surface area contributed by atoms with Gasteiger partial charge in [0.15, 0.2) is 11.2 Å². The molecule has 3 rings (SSSR count). The molecule has 0 saturated heterocycles. The van der Waals surface area contributed by atoms with E-state index < -0.39 is 23.5 Å². The first-order valence-electron chi connectivity index (χ1n) is 15.2. The van der Waals surface area contributed by atoms with Crippen LogP contribution in [0.25, 0.3) is 21.6 Å². The Hall–Kier alpha value is -5.36. The Bertz CT molecular complexity index is 1600. The van der Waals surface area contributed by atoms with Gasteiger partial charge < -0.3 is 41.0 Å². The molecule has 0 fully saturated rings. The smallest absolute Gasteiger partial charge is 0.326 e. The average molecular weight is 670 g/mol. The number of H-pyrrole nitrogens is 1. The van der Waals surface area contributed by atoms with Gasteiger partial charge in [0.1, 0.15) is 6.04 Å². The van der Waals surface area contributed by atoms with Gasteiger partial charge in [-0.25, -0.2) is 14.8 Å². The summed E-state index contributed by atoms with van der Waals surface area (Å²) in [5.41, 5.74) is 14.7. The average Bonchev–Trinajstić information content (AvgIpc) is 3.07.